The zero-order valence-electron chi connectivity index (χ0n) is 22.9. The van der Waals surface area contributed by atoms with Crippen LogP contribution in [0.1, 0.15) is 23.6 Å². The molecule has 0 unspecified atom stereocenters. The average molecular weight is 690 g/mol. The van der Waals surface area contributed by atoms with Gasteiger partial charge in [0, 0.05) is 0 Å². The van der Waals surface area contributed by atoms with Crippen LogP contribution in [0.25, 0.3) is 6.08 Å². The first-order valence-corrected chi connectivity index (χ1v) is 14.6. The summed E-state index contributed by atoms with van der Waals surface area (Å²) < 4.78 is 56.0. The molecule has 1 N–H and O–H groups in total. The maximum Gasteiger partial charge on any atom is 0.416 e. The number of hydrogen-bond acceptors (Lipinski definition) is 7. The molecule has 1 aliphatic heterocycles. The normalized spacial score (nSPS) is 14.3. The van der Waals surface area contributed by atoms with Gasteiger partial charge in [-0.3, -0.25) is 19.3 Å². The van der Waals surface area contributed by atoms with Crippen molar-refractivity contribution in [3.63, 3.8) is 0 Å². The summed E-state index contributed by atoms with van der Waals surface area (Å²) in [5, 5.41) is 2.45. The smallest absolute Gasteiger partial charge is 0.416 e. The number of carbonyl (C=O) groups excluding carboxylic acids is 3. The minimum atomic E-state index is -4.66. The van der Waals surface area contributed by atoms with Crippen LogP contribution in [0.2, 0.25) is 15.1 Å². The predicted molar refractivity (Wildman–Crippen MR) is 163 cm³/mol. The highest BCUT2D eigenvalue weighted by Crippen LogP contribution is 2.40. The fourth-order valence-corrected chi connectivity index (χ4v) is 5.39. The number of methoxy groups -OCH3 is 1. The maximum absolute atomic E-state index is 13.2. The summed E-state index contributed by atoms with van der Waals surface area (Å²) in [7, 11) is 1.22. The molecule has 1 fully saturated rings. The maximum atomic E-state index is 13.2. The molecule has 1 saturated heterocycles. The van der Waals surface area contributed by atoms with Crippen LogP contribution in [0, 0.1) is 0 Å². The first-order chi connectivity index (χ1) is 20.8. The van der Waals surface area contributed by atoms with Crippen LogP contribution >= 0.6 is 46.6 Å². The second kappa shape index (κ2) is 14.0. The molecular weight excluding hydrogens is 668 g/mol. The Morgan fingerprint density at radius 1 is 0.977 bits per heavy atom. The molecule has 0 aromatic heterocycles. The van der Waals surface area contributed by atoms with Crippen LogP contribution in [0.15, 0.2) is 53.4 Å². The zero-order valence-corrected chi connectivity index (χ0v) is 26.0. The number of alkyl halides is 3. The lowest BCUT2D eigenvalue weighted by Crippen LogP contribution is -2.36. The van der Waals surface area contributed by atoms with Gasteiger partial charge in [-0.15, -0.1) is 0 Å². The van der Waals surface area contributed by atoms with Gasteiger partial charge in [0.25, 0.3) is 11.1 Å². The number of rotatable bonds is 10. The van der Waals surface area contributed by atoms with Crippen molar-refractivity contribution >= 4 is 75.4 Å². The van der Waals surface area contributed by atoms with Gasteiger partial charge in [-0.2, -0.15) is 13.2 Å². The van der Waals surface area contributed by atoms with Gasteiger partial charge < -0.3 is 19.5 Å². The van der Waals surface area contributed by atoms with E-state index in [0.717, 1.165) is 17.7 Å². The van der Waals surface area contributed by atoms with E-state index in [-0.39, 0.29) is 46.1 Å². The topological polar surface area (TPSA) is 94.2 Å². The van der Waals surface area contributed by atoms with Crippen LogP contribution in [0.5, 0.6) is 17.2 Å². The van der Waals surface area contributed by atoms with E-state index in [9.17, 15) is 27.6 Å². The van der Waals surface area contributed by atoms with Crippen molar-refractivity contribution in [2.45, 2.75) is 19.7 Å². The van der Waals surface area contributed by atoms with E-state index in [4.69, 9.17) is 49.0 Å². The third kappa shape index (κ3) is 7.92. The first-order valence-electron chi connectivity index (χ1n) is 12.6. The third-order valence-corrected chi connectivity index (χ3v) is 7.90. The second-order valence-electron chi connectivity index (χ2n) is 9.03. The fraction of sp³-hybridized carbons (Fsp3) is 0.207. The van der Waals surface area contributed by atoms with Gasteiger partial charge >= 0.3 is 6.18 Å². The Kier molecular flexibility index (Phi) is 10.6. The number of carbonyl (C=O) groups is 3. The van der Waals surface area contributed by atoms with E-state index in [1.54, 1.807) is 31.2 Å². The summed E-state index contributed by atoms with van der Waals surface area (Å²) in [5.41, 5.74) is -0.150. The summed E-state index contributed by atoms with van der Waals surface area (Å²) in [6.45, 7) is 1.39. The molecule has 1 heterocycles. The van der Waals surface area contributed by atoms with Crippen molar-refractivity contribution in [3.8, 4) is 17.2 Å². The summed E-state index contributed by atoms with van der Waals surface area (Å²) in [5.74, 6) is -1.20. The highest BCUT2D eigenvalue weighted by atomic mass is 35.5. The number of anilines is 1. The summed E-state index contributed by atoms with van der Waals surface area (Å²) in [6.07, 6.45) is -3.26. The average Bonchev–Trinajstić information content (AvgIpc) is 3.21. The number of nitrogens with zero attached hydrogens (tertiary/aromatic N) is 1. The van der Waals surface area contributed by atoms with Crippen molar-refractivity contribution in [1.29, 1.82) is 0 Å². The van der Waals surface area contributed by atoms with E-state index in [1.807, 2.05) is 0 Å². The fourth-order valence-electron chi connectivity index (χ4n) is 3.96. The molecule has 3 aromatic rings. The second-order valence-corrected chi connectivity index (χ2v) is 11.2. The van der Waals surface area contributed by atoms with Gasteiger partial charge in [-0.1, -0.05) is 40.9 Å². The Morgan fingerprint density at radius 2 is 1.73 bits per heavy atom. The van der Waals surface area contributed by atoms with Crippen molar-refractivity contribution in [1.82, 2.24) is 4.90 Å². The van der Waals surface area contributed by atoms with E-state index >= 15 is 0 Å². The van der Waals surface area contributed by atoms with E-state index in [1.165, 1.54) is 19.3 Å². The molecule has 0 spiro atoms. The van der Waals surface area contributed by atoms with Gasteiger partial charge in [0.15, 0.2) is 11.5 Å². The molecule has 0 atom stereocenters. The molecule has 15 heteroatoms. The van der Waals surface area contributed by atoms with Crippen LogP contribution in [-0.4, -0.2) is 42.2 Å². The zero-order chi connectivity index (χ0) is 32.2. The van der Waals surface area contributed by atoms with Crippen molar-refractivity contribution in [2.75, 3.05) is 25.6 Å². The molecule has 1 aliphatic rings. The Hall–Kier alpha value is -3.58. The number of benzene rings is 3. The monoisotopic (exact) mass is 688 g/mol. The number of halogens is 6. The van der Waals surface area contributed by atoms with E-state index in [2.05, 4.69) is 5.32 Å². The molecule has 0 saturated carbocycles. The molecule has 8 nitrogen and oxygen atoms in total. The minimum Gasteiger partial charge on any atom is -0.495 e. The molecule has 232 valence electrons. The molecule has 44 heavy (non-hydrogen) atoms. The number of nitrogens with one attached hydrogen (secondary N) is 1. The summed E-state index contributed by atoms with van der Waals surface area (Å²) in [6, 6.07) is 10.6. The molecule has 3 amide bonds. The van der Waals surface area contributed by atoms with Gasteiger partial charge in [0.2, 0.25) is 5.91 Å². The number of ether oxygens (including phenoxy) is 3. The highest BCUT2D eigenvalue weighted by Gasteiger charge is 2.37. The Balaban J connectivity index is 1.50. The Morgan fingerprint density at radius 3 is 2.39 bits per heavy atom. The Bertz CT molecular complexity index is 1650. The van der Waals surface area contributed by atoms with Crippen LogP contribution in [0.3, 0.4) is 0 Å². The van der Waals surface area contributed by atoms with E-state index in [0.29, 0.717) is 38.3 Å². The molecular formula is C29H22Cl3F3N2O6S. The quantitative estimate of drug-likeness (QED) is 0.214. The predicted octanol–water partition coefficient (Wildman–Crippen LogP) is 8.33. The van der Waals surface area contributed by atoms with Crippen molar-refractivity contribution < 1.29 is 41.8 Å². The highest BCUT2D eigenvalue weighted by molar-refractivity contribution is 8.18. The van der Waals surface area contributed by atoms with Crippen LogP contribution in [-0.2, 0) is 22.4 Å². The minimum absolute atomic E-state index is 0.0116. The molecule has 0 radical (unpaired) electrons. The van der Waals surface area contributed by atoms with Gasteiger partial charge in [0.1, 0.15) is 18.9 Å². The largest absolute Gasteiger partial charge is 0.495 e. The Labute approximate surface area is 269 Å². The van der Waals surface area contributed by atoms with Crippen molar-refractivity contribution in [2.24, 2.45) is 0 Å². The van der Waals surface area contributed by atoms with Gasteiger partial charge in [-0.05, 0) is 78.4 Å². The number of hydrogen-bond donors (Lipinski definition) is 1. The third-order valence-electron chi connectivity index (χ3n) is 5.97. The molecule has 4 rings (SSSR count). The molecule has 0 aliphatic carbocycles. The lowest BCUT2D eigenvalue weighted by atomic mass is 10.1. The van der Waals surface area contributed by atoms with Crippen LogP contribution < -0.4 is 19.5 Å². The van der Waals surface area contributed by atoms with Crippen molar-refractivity contribution in [3.05, 3.63) is 85.2 Å². The number of imide groups is 1. The lowest BCUT2D eigenvalue weighted by molar-refractivity contribution is -0.137. The van der Waals surface area contributed by atoms with Gasteiger partial charge in [0.05, 0.1) is 44.9 Å². The number of amides is 3. The lowest BCUT2D eigenvalue weighted by Gasteiger charge is -2.16. The standard InChI is InChI=1S/C29H22Cl3F3N2O6S/c1-3-42-23-10-16(9-20(32)26(23)43-14-15-4-6-18(30)19(31)8-15)11-24-27(39)37(28(40)44-24)13-25(38)36-21-12-17(29(33,34)35)5-7-22(21)41-2/h4-12H,3,13-14H2,1-2H3,(H,36,38)/b24-11-. The summed E-state index contributed by atoms with van der Waals surface area (Å²) >= 11 is 19.1. The summed E-state index contributed by atoms with van der Waals surface area (Å²) in [4.78, 5) is 39.0. The molecule has 0 bridgehead atoms. The number of thioether (sulfide) groups is 1. The van der Waals surface area contributed by atoms with E-state index < -0.39 is 35.3 Å². The van der Waals surface area contributed by atoms with Gasteiger partial charge in [-0.25, -0.2) is 0 Å². The molecule has 3 aromatic carbocycles. The first kappa shape index (κ1) is 33.3. The van der Waals surface area contributed by atoms with Crippen LogP contribution in [0.4, 0.5) is 23.7 Å². The SMILES string of the molecule is CCOc1cc(/C=C2\SC(=O)N(CC(=O)Nc3cc(C(F)(F)F)ccc3OC)C2=O)cc(Cl)c1OCc1ccc(Cl)c(Cl)c1.